The van der Waals surface area contributed by atoms with Crippen LogP contribution >= 0.6 is 15.9 Å². The number of hydrogen-bond acceptors (Lipinski definition) is 3. The summed E-state index contributed by atoms with van der Waals surface area (Å²) in [6.45, 7) is 2.75. The van der Waals surface area contributed by atoms with Crippen LogP contribution in [0.15, 0.2) is 46.9 Å². The molecule has 0 aromatic heterocycles. The molecule has 108 valence electrons. The average molecular weight is 347 g/mol. The Balaban J connectivity index is 1.71. The second kappa shape index (κ2) is 5.95. The van der Waals surface area contributed by atoms with Crippen LogP contribution < -0.4 is 0 Å². The Bertz CT molecular complexity index is 670. The van der Waals surface area contributed by atoms with E-state index < -0.39 is 0 Å². The van der Waals surface area contributed by atoms with Gasteiger partial charge in [0.25, 0.3) is 5.69 Å². The maximum absolute atomic E-state index is 10.7. The van der Waals surface area contributed by atoms with Gasteiger partial charge in [0.2, 0.25) is 0 Å². The number of nitro benzene ring substituents is 1. The standard InChI is InChI=1S/C16H15BrN2O2/c17-16-3-1-2-13-11-18(9-8-15(13)16)10-12-4-6-14(7-5-12)19(20)21/h1-7H,8-11H2. The number of benzene rings is 2. The second-order valence-electron chi connectivity index (χ2n) is 5.26. The Kier molecular flexibility index (Phi) is 4.03. The molecular weight excluding hydrogens is 332 g/mol. The first kappa shape index (κ1) is 14.2. The van der Waals surface area contributed by atoms with Crippen molar-refractivity contribution in [1.82, 2.24) is 4.90 Å². The summed E-state index contributed by atoms with van der Waals surface area (Å²) in [4.78, 5) is 12.7. The minimum Gasteiger partial charge on any atom is -0.294 e. The van der Waals surface area contributed by atoms with Crippen molar-refractivity contribution in [3.63, 3.8) is 0 Å². The molecule has 4 nitrogen and oxygen atoms in total. The molecule has 0 unspecified atom stereocenters. The quantitative estimate of drug-likeness (QED) is 0.625. The monoisotopic (exact) mass is 346 g/mol. The first-order chi connectivity index (χ1) is 10.1. The van der Waals surface area contributed by atoms with Crippen molar-refractivity contribution in [2.24, 2.45) is 0 Å². The Morgan fingerprint density at radius 3 is 2.67 bits per heavy atom. The van der Waals surface area contributed by atoms with Gasteiger partial charge in [0.05, 0.1) is 4.92 Å². The van der Waals surface area contributed by atoms with E-state index in [0.29, 0.717) is 0 Å². The van der Waals surface area contributed by atoms with Crippen LogP contribution in [0.5, 0.6) is 0 Å². The zero-order valence-electron chi connectivity index (χ0n) is 11.5. The number of non-ortho nitro benzene ring substituents is 1. The first-order valence-corrected chi connectivity index (χ1v) is 7.65. The van der Waals surface area contributed by atoms with Crippen molar-refractivity contribution in [3.8, 4) is 0 Å². The predicted molar refractivity (Wildman–Crippen MR) is 85.1 cm³/mol. The van der Waals surface area contributed by atoms with Crippen molar-refractivity contribution in [1.29, 1.82) is 0 Å². The fourth-order valence-electron chi connectivity index (χ4n) is 2.74. The lowest BCUT2D eigenvalue weighted by atomic mass is 9.99. The van der Waals surface area contributed by atoms with Gasteiger partial charge in [0.15, 0.2) is 0 Å². The van der Waals surface area contributed by atoms with Gasteiger partial charge in [0, 0.05) is 36.2 Å². The highest BCUT2D eigenvalue weighted by Crippen LogP contribution is 2.27. The van der Waals surface area contributed by atoms with E-state index in [1.807, 2.05) is 12.1 Å². The Hall–Kier alpha value is -1.72. The zero-order valence-corrected chi connectivity index (χ0v) is 13.0. The van der Waals surface area contributed by atoms with E-state index in [2.05, 4.69) is 39.0 Å². The minimum atomic E-state index is -0.363. The van der Waals surface area contributed by atoms with Crippen LogP contribution in [0, 0.1) is 10.1 Å². The number of hydrogen-bond donors (Lipinski definition) is 0. The molecule has 1 heterocycles. The Morgan fingerprint density at radius 1 is 1.19 bits per heavy atom. The van der Waals surface area contributed by atoms with Gasteiger partial charge in [-0.3, -0.25) is 15.0 Å². The number of rotatable bonds is 3. The smallest absolute Gasteiger partial charge is 0.269 e. The third-order valence-corrected chi connectivity index (χ3v) is 4.58. The van der Waals surface area contributed by atoms with Gasteiger partial charge < -0.3 is 0 Å². The van der Waals surface area contributed by atoms with Gasteiger partial charge in [-0.2, -0.15) is 0 Å². The molecule has 3 rings (SSSR count). The summed E-state index contributed by atoms with van der Waals surface area (Å²) < 4.78 is 1.19. The summed E-state index contributed by atoms with van der Waals surface area (Å²) in [6.07, 6.45) is 1.03. The van der Waals surface area contributed by atoms with Crippen LogP contribution in [0.25, 0.3) is 0 Å². The van der Waals surface area contributed by atoms with Gasteiger partial charge in [-0.05, 0) is 29.2 Å². The van der Waals surface area contributed by atoms with Gasteiger partial charge in [0.1, 0.15) is 0 Å². The van der Waals surface area contributed by atoms with Gasteiger partial charge in [-0.25, -0.2) is 0 Å². The van der Waals surface area contributed by atoms with Crippen molar-refractivity contribution in [3.05, 3.63) is 73.7 Å². The van der Waals surface area contributed by atoms with Gasteiger partial charge in [-0.15, -0.1) is 0 Å². The molecule has 0 amide bonds. The summed E-state index contributed by atoms with van der Waals surface area (Å²) in [6, 6.07) is 13.2. The van der Waals surface area contributed by atoms with Crippen molar-refractivity contribution in [2.75, 3.05) is 6.54 Å². The number of nitro groups is 1. The normalized spacial score (nSPS) is 14.7. The minimum absolute atomic E-state index is 0.145. The van der Waals surface area contributed by atoms with Crippen molar-refractivity contribution >= 4 is 21.6 Å². The third-order valence-electron chi connectivity index (χ3n) is 3.84. The van der Waals surface area contributed by atoms with Crippen LogP contribution in [-0.2, 0) is 19.5 Å². The molecule has 2 aromatic rings. The van der Waals surface area contributed by atoms with E-state index in [1.54, 1.807) is 12.1 Å². The highest BCUT2D eigenvalue weighted by Gasteiger charge is 2.18. The average Bonchev–Trinajstić information content (AvgIpc) is 2.48. The maximum atomic E-state index is 10.7. The van der Waals surface area contributed by atoms with E-state index in [9.17, 15) is 10.1 Å². The molecule has 0 spiro atoms. The lowest BCUT2D eigenvalue weighted by molar-refractivity contribution is -0.384. The summed E-state index contributed by atoms with van der Waals surface area (Å²) in [5.74, 6) is 0. The molecule has 0 aliphatic carbocycles. The second-order valence-corrected chi connectivity index (χ2v) is 6.12. The maximum Gasteiger partial charge on any atom is 0.269 e. The highest BCUT2D eigenvalue weighted by molar-refractivity contribution is 9.10. The molecule has 5 heteroatoms. The van der Waals surface area contributed by atoms with Crippen LogP contribution in [0.3, 0.4) is 0 Å². The number of nitrogens with zero attached hydrogens (tertiary/aromatic N) is 2. The topological polar surface area (TPSA) is 46.4 Å². The lowest BCUT2D eigenvalue weighted by Crippen LogP contribution is -2.30. The van der Waals surface area contributed by atoms with Gasteiger partial charge in [-0.1, -0.05) is 40.2 Å². The van der Waals surface area contributed by atoms with Crippen LogP contribution in [0.2, 0.25) is 0 Å². The summed E-state index contributed by atoms with van der Waals surface area (Å²) in [7, 11) is 0. The molecule has 0 saturated carbocycles. The third kappa shape index (κ3) is 3.14. The molecule has 2 aromatic carbocycles. The van der Waals surface area contributed by atoms with E-state index in [0.717, 1.165) is 31.6 Å². The fourth-order valence-corrected chi connectivity index (χ4v) is 3.34. The van der Waals surface area contributed by atoms with E-state index in [1.165, 1.54) is 15.6 Å². The van der Waals surface area contributed by atoms with Crippen molar-refractivity contribution in [2.45, 2.75) is 19.5 Å². The molecule has 0 N–H and O–H groups in total. The van der Waals surface area contributed by atoms with E-state index in [4.69, 9.17) is 0 Å². The molecule has 0 bridgehead atoms. The summed E-state index contributed by atoms with van der Waals surface area (Å²) >= 11 is 3.61. The van der Waals surface area contributed by atoms with Crippen LogP contribution in [-0.4, -0.2) is 16.4 Å². The van der Waals surface area contributed by atoms with E-state index in [-0.39, 0.29) is 10.6 Å². The Morgan fingerprint density at radius 2 is 1.95 bits per heavy atom. The van der Waals surface area contributed by atoms with Crippen LogP contribution in [0.1, 0.15) is 16.7 Å². The molecule has 1 aliphatic rings. The summed E-state index contributed by atoms with van der Waals surface area (Å²) in [5.41, 5.74) is 4.01. The molecule has 0 fully saturated rings. The molecule has 0 atom stereocenters. The molecule has 0 saturated heterocycles. The molecule has 0 radical (unpaired) electrons. The molecule has 21 heavy (non-hydrogen) atoms. The lowest BCUT2D eigenvalue weighted by Gasteiger charge is -2.29. The van der Waals surface area contributed by atoms with Gasteiger partial charge >= 0.3 is 0 Å². The highest BCUT2D eigenvalue weighted by atomic mass is 79.9. The van der Waals surface area contributed by atoms with Crippen LogP contribution in [0.4, 0.5) is 5.69 Å². The zero-order chi connectivity index (χ0) is 14.8. The first-order valence-electron chi connectivity index (χ1n) is 6.85. The summed E-state index contributed by atoms with van der Waals surface area (Å²) in [5, 5.41) is 10.7. The van der Waals surface area contributed by atoms with Crippen molar-refractivity contribution < 1.29 is 4.92 Å². The Labute approximate surface area is 131 Å². The van der Waals surface area contributed by atoms with E-state index >= 15 is 0 Å². The largest absolute Gasteiger partial charge is 0.294 e. The molecular formula is C16H15BrN2O2. The number of halogens is 1. The number of fused-ring (bicyclic) bond motifs is 1. The predicted octanol–water partition coefficient (Wildman–Crippen LogP) is 3.92. The molecule has 1 aliphatic heterocycles. The SMILES string of the molecule is O=[N+]([O-])c1ccc(CN2CCc3c(Br)cccc3C2)cc1. The fraction of sp³-hybridized carbons (Fsp3) is 0.250.